The van der Waals surface area contributed by atoms with Crippen molar-refractivity contribution >= 4 is 24.8 Å². The average molecular weight is 235 g/mol. The van der Waals surface area contributed by atoms with Gasteiger partial charge in [-0.25, -0.2) is 8.78 Å². The summed E-state index contributed by atoms with van der Waals surface area (Å²) in [7, 11) is 0. The molecule has 0 aliphatic carbocycles. The molecule has 0 unspecified atom stereocenters. The Labute approximate surface area is 88.9 Å². The normalized spacial score (nSPS) is 31.4. The van der Waals surface area contributed by atoms with E-state index in [2.05, 4.69) is 5.32 Å². The maximum atomic E-state index is 12.8. The number of hydrogen-bond acceptors (Lipinski definition) is 2. The van der Waals surface area contributed by atoms with Crippen LogP contribution >= 0.6 is 24.8 Å². The molecule has 0 spiro atoms. The molecule has 2 nitrogen and oxygen atoms in total. The van der Waals surface area contributed by atoms with Gasteiger partial charge in [-0.3, -0.25) is 4.90 Å². The Morgan fingerprint density at radius 3 is 2.62 bits per heavy atom. The summed E-state index contributed by atoms with van der Waals surface area (Å²) in [6.45, 7) is 2.34. The van der Waals surface area contributed by atoms with Crippen molar-refractivity contribution in [3.05, 3.63) is 0 Å². The van der Waals surface area contributed by atoms with Gasteiger partial charge in [0.15, 0.2) is 0 Å². The summed E-state index contributed by atoms with van der Waals surface area (Å²) < 4.78 is 25.6. The van der Waals surface area contributed by atoms with Gasteiger partial charge in [0.1, 0.15) is 0 Å². The first-order chi connectivity index (χ1) is 5.17. The largest absolute Gasteiger partial charge is 0.314 e. The van der Waals surface area contributed by atoms with Gasteiger partial charge in [0.05, 0.1) is 6.54 Å². The minimum atomic E-state index is -2.43. The molecule has 0 amide bonds. The van der Waals surface area contributed by atoms with E-state index in [0.29, 0.717) is 0 Å². The number of nitrogens with zero attached hydrogens (tertiary/aromatic N) is 1. The van der Waals surface area contributed by atoms with Crippen LogP contribution in [-0.4, -0.2) is 43.0 Å². The lowest BCUT2D eigenvalue weighted by Crippen LogP contribution is -2.47. The van der Waals surface area contributed by atoms with E-state index in [1.165, 1.54) is 0 Å². The lowest BCUT2D eigenvalue weighted by atomic mass is 10.1. The molecule has 13 heavy (non-hydrogen) atoms. The zero-order chi connectivity index (χ0) is 7.90. The molecule has 2 saturated heterocycles. The van der Waals surface area contributed by atoms with Crippen LogP contribution < -0.4 is 5.32 Å². The highest BCUT2D eigenvalue weighted by molar-refractivity contribution is 5.85. The van der Waals surface area contributed by atoms with Gasteiger partial charge >= 0.3 is 0 Å². The molecule has 1 atom stereocenters. The minimum Gasteiger partial charge on any atom is -0.314 e. The van der Waals surface area contributed by atoms with Gasteiger partial charge in [0, 0.05) is 32.1 Å². The SMILES string of the molecule is Cl.Cl.FC1(F)C[C@@H]2CNCCN2C1. The number of nitrogens with one attached hydrogen (secondary N) is 1. The number of alkyl halides is 2. The van der Waals surface area contributed by atoms with Crippen LogP contribution in [0.4, 0.5) is 8.78 Å². The van der Waals surface area contributed by atoms with E-state index in [9.17, 15) is 8.78 Å². The van der Waals surface area contributed by atoms with Crippen molar-refractivity contribution in [1.82, 2.24) is 10.2 Å². The molecule has 2 aliphatic rings. The Hall–Kier alpha value is 0.360. The van der Waals surface area contributed by atoms with E-state index in [4.69, 9.17) is 0 Å². The first-order valence-electron chi connectivity index (χ1n) is 4.00. The van der Waals surface area contributed by atoms with Gasteiger partial charge in [0.2, 0.25) is 0 Å². The van der Waals surface area contributed by atoms with Gasteiger partial charge < -0.3 is 5.32 Å². The highest BCUT2D eigenvalue weighted by atomic mass is 35.5. The second-order valence-corrected chi connectivity index (χ2v) is 3.39. The Bertz CT molecular complexity index is 153. The fourth-order valence-electron chi connectivity index (χ4n) is 1.92. The van der Waals surface area contributed by atoms with E-state index in [0.717, 1.165) is 19.6 Å². The van der Waals surface area contributed by atoms with Crippen LogP contribution in [0.5, 0.6) is 0 Å². The van der Waals surface area contributed by atoms with E-state index in [-0.39, 0.29) is 43.8 Å². The van der Waals surface area contributed by atoms with Crippen LogP contribution in [0.25, 0.3) is 0 Å². The van der Waals surface area contributed by atoms with Gasteiger partial charge in [0.25, 0.3) is 5.92 Å². The molecule has 6 heteroatoms. The van der Waals surface area contributed by atoms with E-state index in [1.54, 1.807) is 0 Å². The van der Waals surface area contributed by atoms with Crippen molar-refractivity contribution in [2.75, 3.05) is 26.2 Å². The summed E-state index contributed by atoms with van der Waals surface area (Å²) >= 11 is 0. The van der Waals surface area contributed by atoms with Crippen LogP contribution in [0.1, 0.15) is 6.42 Å². The van der Waals surface area contributed by atoms with Crippen LogP contribution in [0.3, 0.4) is 0 Å². The highest BCUT2D eigenvalue weighted by Crippen LogP contribution is 2.32. The molecule has 0 aromatic carbocycles. The van der Waals surface area contributed by atoms with Crippen LogP contribution in [0.15, 0.2) is 0 Å². The maximum Gasteiger partial charge on any atom is 0.262 e. The molecule has 2 heterocycles. The fraction of sp³-hybridized carbons (Fsp3) is 1.00. The van der Waals surface area contributed by atoms with Crippen molar-refractivity contribution in [2.45, 2.75) is 18.4 Å². The second kappa shape index (κ2) is 4.73. The molecule has 0 aromatic rings. The number of halogens is 4. The maximum absolute atomic E-state index is 12.8. The summed E-state index contributed by atoms with van der Waals surface area (Å²) in [6, 6.07) is 0.0822. The molecule has 2 rings (SSSR count). The summed E-state index contributed by atoms with van der Waals surface area (Å²) in [4.78, 5) is 1.89. The zero-order valence-electron chi connectivity index (χ0n) is 7.13. The predicted octanol–water partition coefficient (Wildman–Crippen LogP) is 1.14. The number of rotatable bonds is 0. The van der Waals surface area contributed by atoms with E-state index < -0.39 is 5.92 Å². The third-order valence-electron chi connectivity index (χ3n) is 2.44. The smallest absolute Gasteiger partial charge is 0.262 e. The molecule has 0 radical (unpaired) electrons. The van der Waals surface area contributed by atoms with Crippen LogP contribution in [0.2, 0.25) is 0 Å². The third kappa shape index (κ3) is 2.91. The van der Waals surface area contributed by atoms with Gasteiger partial charge in [-0.05, 0) is 0 Å². The lowest BCUT2D eigenvalue weighted by Gasteiger charge is -2.28. The number of hydrogen-bond donors (Lipinski definition) is 1. The number of fused-ring (bicyclic) bond motifs is 1. The summed E-state index contributed by atoms with van der Waals surface area (Å²) in [5, 5.41) is 3.12. The van der Waals surface area contributed by atoms with Crippen molar-refractivity contribution in [1.29, 1.82) is 0 Å². The Balaban J connectivity index is 0.000000720. The molecule has 2 aliphatic heterocycles. The quantitative estimate of drug-likeness (QED) is 0.677. The topological polar surface area (TPSA) is 15.3 Å². The molecule has 80 valence electrons. The van der Waals surface area contributed by atoms with Gasteiger partial charge in [-0.15, -0.1) is 24.8 Å². The van der Waals surface area contributed by atoms with E-state index in [1.807, 2.05) is 4.90 Å². The summed E-state index contributed by atoms with van der Waals surface area (Å²) in [5.74, 6) is -2.43. The lowest BCUT2D eigenvalue weighted by molar-refractivity contribution is 0.0125. The Kier molecular flexibility index (Phi) is 4.86. The Morgan fingerprint density at radius 2 is 2.00 bits per heavy atom. The fourth-order valence-corrected chi connectivity index (χ4v) is 1.92. The first kappa shape index (κ1) is 13.4. The Morgan fingerprint density at radius 1 is 1.31 bits per heavy atom. The average Bonchev–Trinajstić information content (AvgIpc) is 2.21. The van der Waals surface area contributed by atoms with Crippen LogP contribution in [0, 0.1) is 0 Å². The van der Waals surface area contributed by atoms with E-state index >= 15 is 0 Å². The second-order valence-electron chi connectivity index (χ2n) is 3.39. The van der Waals surface area contributed by atoms with Crippen molar-refractivity contribution in [3.8, 4) is 0 Å². The minimum absolute atomic E-state index is 0. The molecular weight excluding hydrogens is 221 g/mol. The molecule has 2 fully saturated rings. The molecule has 0 saturated carbocycles. The predicted molar refractivity (Wildman–Crippen MR) is 52.3 cm³/mol. The van der Waals surface area contributed by atoms with Crippen molar-refractivity contribution in [2.24, 2.45) is 0 Å². The summed E-state index contributed by atoms with van der Waals surface area (Å²) in [6.07, 6.45) is 0.0417. The molecule has 1 N–H and O–H groups in total. The third-order valence-corrected chi connectivity index (χ3v) is 2.44. The van der Waals surface area contributed by atoms with Crippen molar-refractivity contribution < 1.29 is 8.78 Å². The monoisotopic (exact) mass is 234 g/mol. The molecule has 0 bridgehead atoms. The van der Waals surface area contributed by atoms with Crippen LogP contribution in [-0.2, 0) is 0 Å². The number of piperazine rings is 1. The standard InChI is InChI=1S/C7H12F2N2.2ClH/c8-7(9)3-6-4-10-1-2-11(6)5-7;;/h6,10H,1-5H2;2*1H/t6-;;/m1../s1. The first-order valence-corrected chi connectivity index (χ1v) is 4.00. The summed E-state index contributed by atoms with van der Waals surface area (Å²) in [5.41, 5.74) is 0. The zero-order valence-corrected chi connectivity index (χ0v) is 8.77. The highest BCUT2D eigenvalue weighted by Gasteiger charge is 2.45. The molecule has 0 aromatic heterocycles. The van der Waals surface area contributed by atoms with Gasteiger partial charge in [-0.2, -0.15) is 0 Å². The van der Waals surface area contributed by atoms with Crippen molar-refractivity contribution in [3.63, 3.8) is 0 Å². The van der Waals surface area contributed by atoms with Gasteiger partial charge in [-0.1, -0.05) is 0 Å². The molecular formula is C7H14Cl2F2N2.